The van der Waals surface area contributed by atoms with E-state index in [2.05, 4.69) is 10.3 Å². The lowest BCUT2D eigenvalue weighted by molar-refractivity contribution is -0.143. The summed E-state index contributed by atoms with van der Waals surface area (Å²) in [6.45, 7) is -0.691. The number of carbonyl (C=O) groups is 1. The van der Waals surface area contributed by atoms with Crippen molar-refractivity contribution < 1.29 is 54.1 Å². The van der Waals surface area contributed by atoms with Crippen molar-refractivity contribution in [3.8, 4) is 5.75 Å². The number of carbonyl (C=O) groups excluding carboxylic acids is 1. The molecule has 5 rings (SSSR count). The first kappa shape index (κ1) is 39.9. The van der Waals surface area contributed by atoms with E-state index in [4.69, 9.17) is 37.8 Å². The number of halogens is 8. The number of hydrogen-bond acceptors (Lipinski definition) is 7. The van der Waals surface area contributed by atoms with Crippen LogP contribution in [0.3, 0.4) is 0 Å². The molecule has 0 radical (unpaired) electrons. The topological polar surface area (TPSA) is 114 Å². The molecule has 1 heterocycles. The number of aliphatic hydroxyl groups is 1. The summed E-state index contributed by atoms with van der Waals surface area (Å²) >= 11 is 12.7. The van der Waals surface area contributed by atoms with E-state index in [9.17, 15) is 39.6 Å². The van der Waals surface area contributed by atoms with E-state index in [1.54, 1.807) is 30.3 Å². The summed E-state index contributed by atoms with van der Waals surface area (Å²) in [6.07, 6.45) is -11.9. The summed E-state index contributed by atoms with van der Waals surface area (Å²) in [5, 5.41) is 11.6. The number of nitrogens with zero attached hydrogens (tertiary/aromatic N) is 1. The van der Waals surface area contributed by atoms with Crippen LogP contribution in [0.4, 0.5) is 26.3 Å². The van der Waals surface area contributed by atoms with Gasteiger partial charge in [-0.05, 0) is 72.3 Å². The Hall–Kier alpha value is -4.31. The van der Waals surface area contributed by atoms with Crippen LogP contribution in [0.5, 0.6) is 5.75 Å². The van der Waals surface area contributed by atoms with Crippen LogP contribution < -0.4 is 10.1 Å². The molecule has 17 heteroatoms. The number of rotatable bonds is 13. The van der Waals surface area contributed by atoms with E-state index in [0.717, 1.165) is 0 Å². The fraction of sp³-hybridized carbons (Fsp3) is 0.278. The molecule has 8 nitrogen and oxygen atoms in total. The normalized spacial score (nSPS) is 17.6. The summed E-state index contributed by atoms with van der Waals surface area (Å²) < 4.78 is 121. The molecule has 0 aromatic heterocycles. The number of amides is 1. The van der Waals surface area contributed by atoms with Gasteiger partial charge in [0.1, 0.15) is 5.75 Å². The first-order valence-corrected chi connectivity index (χ1v) is 18.2. The van der Waals surface area contributed by atoms with Crippen LogP contribution in [0.1, 0.15) is 46.8 Å². The lowest BCUT2D eigenvalue weighted by atomic mass is 9.85. The van der Waals surface area contributed by atoms with Gasteiger partial charge in [0.05, 0.1) is 28.4 Å². The maximum atomic E-state index is 14.5. The van der Waals surface area contributed by atoms with E-state index in [0.29, 0.717) is 29.9 Å². The molecule has 0 aliphatic carbocycles. The Balaban J connectivity index is 1.60. The van der Waals surface area contributed by atoms with Crippen LogP contribution >= 0.6 is 23.2 Å². The highest BCUT2D eigenvalue weighted by molar-refractivity contribution is 7.91. The average molecular weight is 804 g/mol. The van der Waals surface area contributed by atoms with Crippen LogP contribution in [0.2, 0.25) is 10.0 Å². The quantitative estimate of drug-likeness (QED) is 0.104. The van der Waals surface area contributed by atoms with E-state index in [1.807, 2.05) is 0 Å². The zero-order valence-corrected chi connectivity index (χ0v) is 29.7. The molecule has 0 bridgehead atoms. The highest BCUT2D eigenvalue weighted by Crippen LogP contribution is 2.46. The fourth-order valence-electron chi connectivity index (χ4n) is 5.55. The molecule has 0 saturated carbocycles. The molecule has 1 aliphatic heterocycles. The molecule has 4 aromatic rings. The van der Waals surface area contributed by atoms with Gasteiger partial charge >= 0.3 is 12.4 Å². The third kappa shape index (κ3) is 9.44. The molecular formula is C36H30Cl2F6N2O6S. The van der Waals surface area contributed by atoms with Crippen molar-refractivity contribution in [3.63, 3.8) is 0 Å². The molecular weight excluding hydrogens is 773 g/mol. The highest BCUT2D eigenvalue weighted by Gasteiger charge is 2.54. The predicted molar refractivity (Wildman–Crippen MR) is 185 cm³/mol. The third-order valence-corrected chi connectivity index (χ3v) is 10.5. The Morgan fingerprint density at radius 3 is 2.13 bits per heavy atom. The zero-order chi connectivity index (χ0) is 38.6. The van der Waals surface area contributed by atoms with Crippen LogP contribution in [-0.2, 0) is 38.3 Å². The summed E-state index contributed by atoms with van der Waals surface area (Å²) in [4.78, 5) is 19.0. The van der Waals surface area contributed by atoms with Crippen LogP contribution in [0.25, 0.3) is 0 Å². The van der Waals surface area contributed by atoms with E-state index in [1.165, 1.54) is 42.5 Å². The van der Waals surface area contributed by atoms with Crippen LogP contribution in [0.15, 0.2) is 101 Å². The minimum Gasteiger partial charge on any atom is -0.494 e. The first-order chi connectivity index (χ1) is 24.9. The van der Waals surface area contributed by atoms with E-state index in [-0.39, 0.29) is 45.7 Å². The molecule has 0 fully saturated rings. The molecule has 0 saturated heterocycles. The number of nitrogens with one attached hydrogen (secondary N) is 1. The van der Waals surface area contributed by atoms with Crippen molar-refractivity contribution in [2.45, 2.75) is 48.3 Å². The van der Waals surface area contributed by atoms with Gasteiger partial charge < -0.3 is 19.9 Å². The van der Waals surface area contributed by atoms with Crippen molar-refractivity contribution in [1.29, 1.82) is 0 Å². The summed E-state index contributed by atoms with van der Waals surface area (Å²) in [5.41, 5.74) is -5.45. The van der Waals surface area contributed by atoms with Crippen molar-refractivity contribution in [2.24, 2.45) is 4.99 Å². The number of benzene rings is 4. The predicted octanol–water partition coefficient (Wildman–Crippen LogP) is 8.23. The first-order valence-electron chi connectivity index (χ1n) is 15.8. The maximum Gasteiger partial charge on any atom is 0.416 e. The molecule has 4 aromatic carbocycles. The molecule has 1 aliphatic rings. The smallest absolute Gasteiger partial charge is 0.416 e. The van der Waals surface area contributed by atoms with Crippen molar-refractivity contribution in [1.82, 2.24) is 5.32 Å². The van der Waals surface area contributed by atoms with Gasteiger partial charge in [-0.15, -0.1) is 0 Å². The Morgan fingerprint density at radius 2 is 1.55 bits per heavy atom. The van der Waals surface area contributed by atoms with Crippen molar-refractivity contribution in [3.05, 3.63) is 129 Å². The highest BCUT2D eigenvalue weighted by atomic mass is 35.5. The van der Waals surface area contributed by atoms with Gasteiger partial charge in [0.25, 0.3) is 5.91 Å². The third-order valence-electron chi connectivity index (χ3n) is 8.23. The number of aliphatic hydroxyl groups excluding tert-OH is 1. The maximum absolute atomic E-state index is 14.5. The van der Waals surface area contributed by atoms with Crippen LogP contribution in [-0.4, -0.2) is 49.8 Å². The minimum atomic E-state index is -5.14. The second-order valence-electron chi connectivity index (χ2n) is 11.9. The number of ether oxygens (including phenoxy) is 2. The van der Waals surface area contributed by atoms with Gasteiger partial charge in [0.2, 0.25) is 5.90 Å². The summed E-state index contributed by atoms with van der Waals surface area (Å²) in [7, 11) is -4.10. The second kappa shape index (κ2) is 16.0. The molecule has 1 amide bonds. The molecule has 282 valence electrons. The summed E-state index contributed by atoms with van der Waals surface area (Å²) in [5.74, 6) is -1.48. The zero-order valence-electron chi connectivity index (χ0n) is 27.3. The van der Waals surface area contributed by atoms with E-state index >= 15 is 0 Å². The molecule has 0 spiro atoms. The molecule has 2 N–H and O–H groups in total. The Kier molecular flexibility index (Phi) is 12.0. The minimum absolute atomic E-state index is 0.00219. The number of sulfone groups is 1. The van der Waals surface area contributed by atoms with Gasteiger partial charge in [-0.1, -0.05) is 47.5 Å². The fourth-order valence-corrected chi connectivity index (χ4v) is 7.45. The van der Waals surface area contributed by atoms with Crippen LogP contribution in [0, 0.1) is 0 Å². The number of alkyl halides is 6. The molecule has 0 unspecified atom stereocenters. The largest absolute Gasteiger partial charge is 0.494 e. The lowest BCUT2D eigenvalue weighted by Gasteiger charge is -2.31. The molecule has 2 atom stereocenters. The summed E-state index contributed by atoms with van der Waals surface area (Å²) in [6, 6.07) is 18.7. The standard InChI is InChI=1S/C36H30Cl2F6N2O6S/c37-26-9-12-29(30(38)20-26)31-34(13-16-53(49,50)28-5-2-1-3-6-28,46-32(52-31)23-7-10-27(11-8-23)51-15-4-14-47)33(48)45-21-22-17-24(35(39,40)41)19-25(18-22)36(42,43)44/h1-3,5-12,17-20,31,47H,4,13-16,21H2,(H,45,48)/t31-,34-/m1/s1. The van der Waals surface area contributed by atoms with Gasteiger partial charge in [-0.3, -0.25) is 4.79 Å². The molecule has 53 heavy (non-hydrogen) atoms. The SMILES string of the molecule is O=C(NCc1cc(C(F)(F)F)cc(C(F)(F)F)c1)[C@]1(CCS(=O)(=O)c2ccccc2)N=C(c2ccc(OCCCO)cc2)O[C@@H]1c1ccc(Cl)cc1Cl. The number of aliphatic imine (C=N–C) groups is 1. The number of hydrogen-bond donors (Lipinski definition) is 2. The second-order valence-corrected chi connectivity index (χ2v) is 14.9. The van der Waals surface area contributed by atoms with E-state index < -0.39 is 75.1 Å². The Morgan fingerprint density at radius 1 is 0.906 bits per heavy atom. The lowest BCUT2D eigenvalue weighted by Crippen LogP contribution is -2.49. The van der Waals surface area contributed by atoms with Crippen molar-refractivity contribution >= 4 is 44.8 Å². The van der Waals surface area contributed by atoms with Gasteiger partial charge in [-0.25, -0.2) is 13.4 Å². The Bertz CT molecular complexity index is 2050. The van der Waals surface area contributed by atoms with Gasteiger partial charge in [0.15, 0.2) is 21.5 Å². The Labute approximate surface area is 310 Å². The monoisotopic (exact) mass is 802 g/mol. The van der Waals surface area contributed by atoms with Gasteiger partial charge in [-0.2, -0.15) is 26.3 Å². The average Bonchev–Trinajstić information content (AvgIpc) is 3.50. The van der Waals surface area contributed by atoms with Crippen molar-refractivity contribution in [2.75, 3.05) is 19.0 Å². The van der Waals surface area contributed by atoms with Gasteiger partial charge in [0, 0.05) is 47.2 Å².